The molecular weight excluding hydrogens is 340 g/mol. The minimum atomic E-state index is -1.05. The highest BCUT2D eigenvalue weighted by molar-refractivity contribution is 5.55. The molecule has 0 heterocycles. The Morgan fingerprint density at radius 3 is 1.77 bits per heavy atom. The average Bonchev–Trinajstić information content (AvgIpc) is 2.60. The Labute approximate surface area is 155 Å². The summed E-state index contributed by atoms with van der Waals surface area (Å²) in [5.74, 6) is 0. The maximum atomic E-state index is 11.0. The summed E-state index contributed by atoms with van der Waals surface area (Å²) in [7, 11) is 0. The molecule has 0 rings (SSSR count). The van der Waals surface area contributed by atoms with E-state index < -0.39 is 18.2 Å². The van der Waals surface area contributed by atoms with Crippen molar-refractivity contribution in [2.75, 3.05) is 0 Å². The number of aldehydes is 1. The van der Waals surface area contributed by atoms with Crippen LogP contribution < -0.4 is 0 Å². The van der Waals surface area contributed by atoms with Crippen molar-refractivity contribution >= 4 is 6.29 Å². The third-order valence-electron chi connectivity index (χ3n) is 4.43. The number of allylic oxidation sites excluding steroid dienone is 2. The van der Waals surface area contributed by atoms with Crippen LogP contribution in [0.1, 0.15) is 77.6 Å². The van der Waals surface area contributed by atoms with Gasteiger partial charge in [0, 0.05) is 35.5 Å². The smallest absolute Gasteiger partial charge is 0.213 e. The van der Waals surface area contributed by atoms with Gasteiger partial charge >= 0.3 is 0 Å². The number of carbonyl (C=O) groups excluding carboxylic acids is 1. The van der Waals surface area contributed by atoms with Gasteiger partial charge in [-0.3, -0.25) is 20.2 Å². The maximum Gasteiger partial charge on any atom is 0.213 e. The normalized spacial score (nSPS) is 14.8. The van der Waals surface area contributed by atoms with E-state index in [0.717, 1.165) is 19.3 Å². The number of carbonyl (C=O) groups is 1. The van der Waals surface area contributed by atoms with Gasteiger partial charge in [-0.15, -0.1) is 0 Å². The summed E-state index contributed by atoms with van der Waals surface area (Å²) in [5.41, 5.74) is 0. The Hall–Kier alpha value is -1.83. The van der Waals surface area contributed by atoms with E-state index in [9.17, 15) is 25.0 Å². The van der Waals surface area contributed by atoms with Crippen LogP contribution in [-0.2, 0) is 4.79 Å². The van der Waals surface area contributed by atoms with Gasteiger partial charge in [0.1, 0.15) is 12.4 Å². The average molecular weight is 372 g/mol. The standard InChI is InChI=1S/C18H32N2O6/c1-2-3-6-10-16(19(23)24)11-7-4-5-8-12-17(20(25)26)13-9-14-18(22)15-21/h4-5,15-18,22H,2-3,6-14H2,1H3. The molecule has 0 aromatic carbocycles. The van der Waals surface area contributed by atoms with E-state index in [1.54, 1.807) is 0 Å². The SMILES string of the molecule is CCCCCC(CCC=CCCC(CCCC(O)C=O)[N+](=O)[O-])[N+](=O)[O-]. The lowest BCUT2D eigenvalue weighted by atomic mass is 10.0. The first-order chi connectivity index (χ1) is 12.4. The molecule has 1 N–H and O–H groups in total. The van der Waals surface area contributed by atoms with E-state index >= 15 is 0 Å². The lowest BCUT2D eigenvalue weighted by Gasteiger charge is -2.09. The molecule has 0 saturated carbocycles. The van der Waals surface area contributed by atoms with Gasteiger partial charge in [-0.1, -0.05) is 31.9 Å². The van der Waals surface area contributed by atoms with Crippen molar-refractivity contribution in [1.82, 2.24) is 0 Å². The van der Waals surface area contributed by atoms with E-state index in [2.05, 4.69) is 6.92 Å². The van der Waals surface area contributed by atoms with Crippen molar-refractivity contribution in [1.29, 1.82) is 0 Å². The van der Waals surface area contributed by atoms with Gasteiger partial charge in [0.25, 0.3) is 0 Å². The molecule has 8 nitrogen and oxygen atoms in total. The Kier molecular flexibility index (Phi) is 14.3. The quantitative estimate of drug-likeness (QED) is 0.136. The van der Waals surface area contributed by atoms with Crippen LogP contribution in [0.15, 0.2) is 12.2 Å². The van der Waals surface area contributed by atoms with Crippen molar-refractivity contribution in [3.8, 4) is 0 Å². The molecular formula is C18H32N2O6. The Morgan fingerprint density at radius 1 is 0.846 bits per heavy atom. The van der Waals surface area contributed by atoms with Gasteiger partial charge in [-0.25, -0.2) is 0 Å². The summed E-state index contributed by atoms with van der Waals surface area (Å²) in [4.78, 5) is 31.8. The Morgan fingerprint density at radius 2 is 1.35 bits per heavy atom. The highest BCUT2D eigenvalue weighted by Gasteiger charge is 2.20. The molecule has 0 aliphatic rings. The van der Waals surface area contributed by atoms with Crippen LogP contribution >= 0.6 is 0 Å². The van der Waals surface area contributed by atoms with Gasteiger partial charge in [0.05, 0.1) is 0 Å². The Bertz CT molecular complexity index is 441. The fraction of sp³-hybridized carbons (Fsp3) is 0.833. The van der Waals surface area contributed by atoms with Crippen molar-refractivity contribution in [3.05, 3.63) is 32.4 Å². The summed E-state index contributed by atoms with van der Waals surface area (Å²) in [6.45, 7) is 2.06. The molecule has 0 fully saturated rings. The van der Waals surface area contributed by atoms with E-state index in [4.69, 9.17) is 5.11 Å². The van der Waals surface area contributed by atoms with Crippen molar-refractivity contribution in [3.63, 3.8) is 0 Å². The summed E-state index contributed by atoms with van der Waals surface area (Å²) < 4.78 is 0. The molecule has 0 bridgehead atoms. The third kappa shape index (κ3) is 12.5. The number of hydrogen-bond acceptors (Lipinski definition) is 6. The predicted molar refractivity (Wildman–Crippen MR) is 99.2 cm³/mol. The highest BCUT2D eigenvalue weighted by atomic mass is 16.6. The summed E-state index contributed by atoms with van der Waals surface area (Å²) >= 11 is 0. The largest absolute Gasteiger partial charge is 0.386 e. The zero-order chi connectivity index (χ0) is 19.8. The zero-order valence-corrected chi connectivity index (χ0v) is 15.6. The molecule has 3 unspecified atom stereocenters. The molecule has 0 aliphatic heterocycles. The van der Waals surface area contributed by atoms with Gasteiger partial charge in [0.15, 0.2) is 0 Å². The number of nitrogens with zero attached hydrogens (tertiary/aromatic N) is 2. The van der Waals surface area contributed by atoms with Gasteiger partial charge in [-0.05, 0) is 32.1 Å². The van der Waals surface area contributed by atoms with Gasteiger partial charge in [-0.2, -0.15) is 0 Å². The lowest BCUT2D eigenvalue weighted by Crippen LogP contribution is -2.20. The van der Waals surface area contributed by atoms with Crippen LogP contribution in [0.4, 0.5) is 0 Å². The van der Waals surface area contributed by atoms with Gasteiger partial charge < -0.3 is 9.90 Å². The molecule has 0 radical (unpaired) electrons. The second kappa shape index (κ2) is 15.4. The minimum Gasteiger partial charge on any atom is -0.386 e. The lowest BCUT2D eigenvalue weighted by molar-refractivity contribution is -0.524. The van der Waals surface area contributed by atoms with E-state index in [1.165, 1.54) is 0 Å². The first-order valence-electron chi connectivity index (χ1n) is 9.47. The third-order valence-corrected chi connectivity index (χ3v) is 4.43. The molecule has 0 saturated heterocycles. The summed E-state index contributed by atoms with van der Waals surface area (Å²) in [6.07, 6.45) is 9.64. The van der Waals surface area contributed by atoms with Crippen LogP contribution in [-0.4, -0.2) is 39.4 Å². The first kappa shape index (κ1) is 24.2. The van der Waals surface area contributed by atoms with Crippen molar-refractivity contribution in [2.45, 2.75) is 95.7 Å². The van der Waals surface area contributed by atoms with E-state index in [0.29, 0.717) is 51.2 Å². The van der Waals surface area contributed by atoms with Crippen LogP contribution in [0.3, 0.4) is 0 Å². The molecule has 0 aromatic rings. The molecule has 3 atom stereocenters. The second-order valence-electron chi connectivity index (χ2n) is 6.63. The predicted octanol–water partition coefficient (Wildman–Crippen LogP) is 3.70. The van der Waals surface area contributed by atoms with Crippen LogP contribution in [0, 0.1) is 20.2 Å². The summed E-state index contributed by atoms with van der Waals surface area (Å²) in [5, 5.41) is 31.2. The maximum absolute atomic E-state index is 11.0. The topological polar surface area (TPSA) is 124 Å². The van der Waals surface area contributed by atoms with E-state index in [-0.39, 0.29) is 16.3 Å². The van der Waals surface area contributed by atoms with E-state index in [1.807, 2.05) is 12.2 Å². The molecule has 0 amide bonds. The number of unbranched alkanes of at least 4 members (excludes halogenated alkanes) is 2. The summed E-state index contributed by atoms with van der Waals surface area (Å²) in [6, 6.07) is -1.21. The fourth-order valence-corrected chi connectivity index (χ4v) is 2.78. The number of aliphatic hydroxyl groups excluding tert-OH is 1. The van der Waals surface area contributed by atoms with Crippen LogP contribution in [0.25, 0.3) is 0 Å². The molecule has 0 spiro atoms. The fourth-order valence-electron chi connectivity index (χ4n) is 2.78. The van der Waals surface area contributed by atoms with Crippen molar-refractivity contribution < 1.29 is 19.7 Å². The molecule has 150 valence electrons. The van der Waals surface area contributed by atoms with Gasteiger partial charge in [0.2, 0.25) is 12.1 Å². The first-order valence-corrected chi connectivity index (χ1v) is 9.47. The number of rotatable bonds is 17. The molecule has 8 heteroatoms. The van der Waals surface area contributed by atoms with Crippen LogP contribution in [0.5, 0.6) is 0 Å². The monoisotopic (exact) mass is 372 g/mol. The van der Waals surface area contributed by atoms with Crippen LogP contribution in [0.2, 0.25) is 0 Å². The Balaban J connectivity index is 4.06. The minimum absolute atomic E-state index is 0.208. The molecule has 26 heavy (non-hydrogen) atoms. The number of aliphatic hydroxyl groups is 1. The number of hydrogen-bond donors (Lipinski definition) is 1. The second-order valence-corrected chi connectivity index (χ2v) is 6.63. The van der Waals surface area contributed by atoms with Crippen molar-refractivity contribution in [2.24, 2.45) is 0 Å². The zero-order valence-electron chi connectivity index (χ0n) is 15.6. The molecule has 0 aromatic heterocycles. The highest BCUT2D eigenvalue weighted by Crippen LogP contribution is 2.14. The number of nitro groups is 2. The molecule has 0 aliphatic carbocycles.